The Labute approximate surface area is 151 Å². The molecule has 1 aliphatic rings. The van der Waals surface area contributed by atoms with Gasteiger partial charge in [-0.05, 0) is 68.7 Å². The number of rotatable bonds is 3. The molecule has 126 valence electrons. The summed E-state index contributed by atoms with van der Waals surface area (Å²) in [5.74, 6) is -0.126. The molecule has 1 fully saturated rings. The monoisotopic (exact) mass is 387 g/mol. The fraction of sp³-hybridized carbons (Fsp3) is 0.316. The quantitative estimate of drug-likeness (QED) is 0.752. The highest BCUT2D eigenvalue weighted by Crippen LogP contribution is 2.33. The Hall–Kier alpha value is -2.01. The molecule has 0 aliphatic carbocycles. The van der Waals surface area contributed by atoms with Gasteiger partial charge < -0.3 is 16.0 Å². The molecule has 0 aromatic heterocycles. The van der Waals surface area contributed by atoms with Crippen molar-refractivity contribution in [3.8, 4) is 0 Å². The van der Waals surface area contributed by atoms with Crippen molar-refractivity contribution < 1.29 is 4.79 Å². The first-order chi connectivity index (χ1) is 11.5. The fourth-order valence-electron chi connectivity index (χ4n) is 3.16. The van der Waals surface area contributed by atoms with Crippen molar-refractivity contribution >= 4 is 38.9 Å². The molecular formula is C19H22BrN3O. The van der Waals surface area contributed by atoms with E-state index in [0.717, 1.165) is 22.4 Å². The number of carbonyl (C=O) groups is 1. The number of nitrogens with one attached hydrogen (secondary N) is 1. The first kappa shape index (κ1) is 16.8. The molecule has 3 N–H and O–H groups in total. The third-order valence-electron chi connectivity index (χ3n) is 4.49. The molecule has 2 aromatic rings. The molecule has 1 amide bonds. The molecule has 24 heavy (non-hydrogen) atoms. The minimum Gasteiger partial charge on any atom is -0.399 e. The number of carbonyl (C=O) groups excluding carboxylic acids is 1. The third-order valence-corrected chi connectivity index (χ3v) is 5.02. The van der Waals surface area contributed by atoms with Gasteiger partial charge in [-0.1, -0.05) is 15.9 Å². The molecule has 0 unspecified atom stereocenters. The highest BCUT2D eigenvalue weighted by Gasteiger charge is 2.22. The van der Waals surface area contributed by atoms with Crippen molar-refractivity contribution in [1.29, 1.82) is 0 Å². The van der Waals surface area contributed by atoms with Crippen molar-refractivity contribution in [2.75, 3.05) is 22.5 Å². The summed E-state index contributed by atoms with van der Waals surface area (Å²) < 4.78 is 0.950. The highest BCUT2D eigenvalue weighted by atomic mass is 79.9. The minimum absolute atomic E-state index is 0.126. The normalized spacial score (nSPS) is 17.6. The first-order valence-electron chi connectivity index (χ1n) is 8.27. The minimum atomic E-state index is -0.126. The van der Waals surface area contributed by atoms with E-state index in [1.807, 2.05) is 30.3 Å². The maximum absolute atomic E-state index is 12.6. The molecular weight excluding hydrogens is 366 g/mol. The standard InChI is InChI=1S/C19H22BrN3O/c1-13-4-2-3-11-23(13)18-10-9-16(21)12-17(18)22-19(24)14-5-7-15(20)8-6-14/h5-10,12-13H,2-4,11,21H2,1H3,(H,22,24)/t13-/m1/s1. The zero-order chi connectivity index (χ0) is 17.1. The van der Waals surface area contributed by atoms with Gasteiger partial charge in [-0.2, -0.15) is 0 Å². The van der Waals surface area contributed by atoms with E-state index >= 15 is 0 Å². The van der Waals surface area contributed by atoms with Crippen LogP contribution in [0.3, 0.4) is 0 Å². The Kier molecular flexibility index (Phi) is 5.09. The van der Waals surface area contributed by atoms with Crippen LogP contribution in [0.15, 0.2) is 46.9 Å². The number of nitrogens with two attached hydrogens (primary N) is 1. The summed E-state index contributed by atoms with van der Waals surface area (Å²) in [5.41, 5.74) is 9.04. The number of piperidine rings is 1. The average molecular weight is 388 g/mol. The second-order valence-corrected chi connectivity index (χ2v) is 7.19. The Bertz CT molecular complexity index is 730. The van der Waals surface area contributed by atoms with Crippen LogP contribution in [-0.2, 0) is 0 Å². The van der Waals surface area contributed by atoms with E-state index in [4.69, 9.17) is 5.73 Å². The lowest BCUT2D eigenvalue weighted by molar-refractivity contribution is 0.102. The van der Waals surface area contributed by atoms with Crippen molar-refractivity contribution in [3.05, 3.63) is 52.5 Å². The molecule has 1 atom stereocenters. The smallest absolute Gasteiger partial charge is 0.255 e. The van der Waals surface area contributed by atoms with Gasteiger partial charge in [-0.25, -0.2) is 0 Å². The molecule has 1 heterocycles. The summed E-state index contributed by atoms with van der Waals surface area (Å²) in [7, 11) is 0. The fourth-order valence-corrected chi connectivity index (χ4v) is 3.42. The summed E-state index contributed by atoms with van der Waals surface area (Å²) in [6.45, 7) is 3.24. The van der Waals surface area contributed by atoms with E-state index in [1.54, 1.807) is 12.1 Å². The molecule has 0 bridgehead atoms. The molecule has 0 radical (unpaired) electrons. The van der Waals surface area contributed by atoms with Gasteiger partial charge in [0.1, 0.15) is 0 Å². The maximum atomic E-state index is 12.6. The number of benzene rings is 2. The highest BCUT2D eigenvalue weighted by molar-refractivity contribution is 9.10. The van der Waals surface area contributed by atoms with Crippen LogP contribution in [0.4, 0.5) is 17.1 Å². The lowest BCUT2D eigenvalue weighted by atomic mass is 10.0. The molecule has 1 saturated heterocycles. The summed E-state index contributed by atoms with van der Waals surface area (Å²) in [6, 6.07) is 13.5. The van der Waals surface area contributed by atoms with Crippen LogP contribution in [0.2, 0.25) is 0 Å². The molecule has 0 spiro atoms. The average Bonchev–Trinajstić information content (AvgIpc) is 2.56. The van der Waals surface area contributed by atoms with Crippen molar-refractivity contribution in [1.82, 2.24) is 0 Å². The van der Waals surface area contributed by atoms with Gasteiger partial charge in [-0.3, -0.25) is 4.79 Å². The predicted octanol–water partition coefficient (Wildman–Crippen LogP) is 4.66. The molecule has 2 aromatic carbocycles. The second-order valence-electron chi connectivity index (χ2n) is 6.28. The van der Waals surface area contributed by atoms with Crippen LogP contribution < -0.4 is 16.0 Å². The van der Waals surface area contributed by atoms with Crippen LogP contribution in [0.25, 0.3) is 0 Å². The Morgan fingerprint density at radius 2 is 1.96 bits per heavy atom. The van der Waals surface area contributed by atoms with Crippen LogP contribution in [-0.4, -0.2) is 18.5 Å². The summed E-state index contributed by atoms with van der Waals surface area (Å²) >= 11 is 3.39. The number of anilines is 3. The topological polar surface area (TPSA) is 58.4 Å². The molecule has 3 rings (SSSR count). The molecule has 0 saturated carbocycles. The van der Waals surface area contributed by atoms with Gasteiger partial charge in [0.15, 0.2) is 0 Å². The van der Waals surface area contributed by atoms with Crippen LogP contribution >= 0.6 is 15.9 Å². The number of hydrogen-bond acceptors (Lipinski definition) is 3. The van der Waals surface area contributed by atoms with E-state index in [2.05, 4.69) is 33.1 Å². The third kappa shape index (κ3) is 3.73. The van der Waals surface area contributed by atoms with Crippen LogP contribution in [0.5, 0.6) is 0 Å². The van der Waals surface area contributed by atoms with E-state index in [-0.39, 0.29) is 5.91 Å². The number of nitrogens with zero attached hydrogens (tertiary/aromatic N) is 1. The van der Waals surface area contributed by atoms with E-state index < -0.39 is 0 Å². The van der Waals surface area contributed by atoms with E-state index in [1.165, 1.54) is 19.3 Å². The van der Waals surface area contributed by atoms with Gasteiger partial charge in [0.2, 0.25) is 0 Å². The lowest BCUT2D eigenvalue weighted by Crippen LogP contribution is -2.38. The van der Waals surface area contributed by atoms with E-state index in [0.29, 0.717) is 17.3 Å². The predicted molar refractivity (Wildman–Crippen MR) is 104 cm³/mol. The van der Waals surface area contributed by atoms with Gasteiger partial charge in [0, 0.05) is 28.3 Å². The largest absolute Gasteiger partial charge is 0.399 e. The molecule has 1 aliphatic heterocycles. The van der Waals surface area contributed by atoms with E-state index in [9.17, 15) is 4.79 Å². The van der Waals surface area contributed by atoms with Crippen molar-refractivity contribution in [2.45, 2.75) is 32.2 Å². The Morgan fingerprint density at radius 1 is 1.21 bits per heavy atom. The van der Waals surface area contributed by atoms with Gasteiger partial charge in [-0.15, -0.1) is 0 Å². The number of amides is 1. The first-order valence-corrected chi connectivity index (χ1v) is 9.07. The lowest BCUT2D eigenvalue weighted by Gasteiger charge is -2.36. The maximum Gasteiger partial charge on any atom is 0.255 e. The van der Waals surface area contributed by atoms with Crippen LogP contribution in [0, 0.1) is 0 Å². The number of halogens is 1. The zero-order valence-corrected chi connectivity index (χ0v) is 15.3. The summed E-state index contributed by atoms with van der Waals surface area (Å²) in [6.07, 6.45) is 3.60. The Balaban J connectivity index is 1.87. The summed E-state index contributed by atoms with van der Waals surface area (Å²) in [4.78, 5) is 14.9. The van der Waals surface area contributed by atoms with Gasteiger partial charge in [0.05, 0.1) is 11.4 Å². The van der Waals surface area contributed by atoms with Gasteiger partial charge >= 0.3 is 0 Å². The van der Waals surface area contributed by atoms with Crippen molar-refractivity contribution in [2.24, 2.45) is 0 Å². The Morgan fingerprint density at radius 3 is 2.67 bits per heavy atom. The number of hydrogen-bond donors (Lipinski definition) is 2. The second kappa shape index (κ2) is 7.26. The van der Waals surface area contributed by atoms with Crippen LogP contribution in [0.1, 0.15) is 36.5 Å². The summed E-state index contributed by atoms with van der Waals surface area (Å²) in [5, 5.41) is 3.03. The van der Waals surface area contributed by atoms with Gasteiger partial charge in [0.25, 0.3) is 5.91 Å². The molecule has 4 nitrogen and oxygen atoms in total. The zero-order valence-electron chi connectivity index (χ0n) is 13.8. The number of nitrogen functional groups attached to an aromatic ring is 1. The SMILES string of the molecule is C[C@@H]1CCCCN1c1ccc(N)cc1NC(=O)c1ccc(Br)cc1. The van der Waals surface area contributed by atoms with Crippen molar-refractivity contribution in [3.63, 3.8) is 0 Å². The molecule has 5 heteroatoms.